The summed E-state index contributed by atoms with van der Waals surface area (Å²) >= 11 is 0. The van der Waals surface area contributed by atoms with Gasteiger partial charge in [-0.05, 0) is 12.1 Å². The van der Waals surface area contributed by atoms with E-state index in [0.29, 0.717) is 11.6 Å². The third-order valence-corrected chi connectivity index (χ3v) is 1.97. The lowest BCUT2D eigenvalue weighted by Crippen LogP contribution is -2.39. The number of fused-ring (bicyclic) bond motifs is 1. The number of methoxy groups -OCH3 is 1. The van der Waals surface area contributed by atoms with Crippen LogP contribution < -0.4 is 10.1 Å². The fourth-order valence-corrected chi connectivity index (χ4v) is 1.28. The van der Waals surface area contributed by atoms with Gasteiger partial charge in [-0.15, -0.1) is 0 Å². The molecule has 2 rings (SSSR count). The lowest BCUT2D eigenvalue weighted by Gasteiger charge is -2.24. The predicted molar refractivity (Wildman–Crippen MR) is 49.2 cm³/mol. The van der Waals surface area contributed by atoms with Gasteiger partial charge in [-0.2, -0.15) is 0 Å². The molecule has 0 amide bonds. The molecule has 0 bridgehead atoms. The molecule has 1 unspecified atom stereocenters. The molecule has 14 heavy (non-hydrogen) atoms. The summed E-state index contributed by atoms with van der Waals surface area (Å²) < 4.78 is 9.89. The number of rotatable bonds is 1. The topological polar surface area (TPSA) is 60.5 Å². The minimum absolute atomic E-state index is 0.247. The maximum absolute atomic E-state index is 11.2. The summed E-state index contributed by atoms with van der Waals surface area (Å²) in [6.07, 6.45) is 1.64. The van der Waals surface area contributed by atoms with E-state index >= 15 is 0 Å². The highest BCUT2D eigenvalue weighted by Crippen LogP contribution is 2.25. The molecular formula is C9H10N2O3. The lowest BCUT2D eigenvalue weighted by atomic mass is 10.2. The number of carbonyl (C=O) groups excluding carboxylic acids is 1. The molecule has 1 aromatic rings. The molecule has 1 aliphatic rings. The minimum Gasteiger partial charge on any atom is -0.473 e. The van der Waals surface area contributed by atoms with Crippen LogP contribution >= 0.6 is 0 Å². The molecule has 0 aromatic carbocycles. The third kappa shape index (κ3) is 1.48. The van der Waals surface area contributed by atoms with Gasteiger partial charge < -0.3 is 14.8 Å². The van der Waals surface area contributed by atoms with Crippen LogP contribution in [0.1, 0.15) is 0 Å². The van der Waals surface area contributed by atoms with Gasteiger partial charge in [-0.25, -0.2) is 9.78 Å². The zero-order valence-corrected chi connectivity index (χ0v) is 7.69. The molecule has 1 N–H and O–H groups in total. The Bertz CT molecular complexity index is 354. The summed E-state index contributed by atoms with van der Waals surface area (Å²) in [5.41, 5.74) is 0.717. The van der Waals surface area contributed by atoms with Crippen LogP contribution in [0.3, 0.4) is 0 Å². The zero-order chi connectivity index (χ0) is 9.97. The standard InChI is InChI=1S/C9H10N2O3/c1-13-9(12)7-5-14-8-6(11-7)3-2-4-10-8/h2-4,7,11H,5H2,1H3. The highest BCUT2D eigenvalue weighted by Gasteiger charge is 2.25. The maximum atomic E-state index is 11.2. The number of esters is 1. The van der Waals surface area contributed by atoms with Crippen LogP contribution in [0.5, 0.6) is 5.88 Å². The van der Waals surface area contributed by atoms with Crippen molar-refractivity contribution in [2.75, 3.05) is 19.0 Å². The van der Waals surface area contributed by atoms with Gasteiger partial charge in [0.05, 0.1) is 12.8 Å². The van der Waals surface area contributed by atoms with E-state index in [0.717, 1.165) is 0 Å². The highest BCUT2D eigenvalue weighted by atomic mass is 16.5. The summed E-state index contributed by atoms with van der Waals surface area (Å²) in [7, 11) is 1.35. The molecule has 2 heterocycles. The number of nitrogens with one attached hydrogen (secondary N) is 1. The molecule has 0 radical (unpaired) electrons. The van der Waals surface area contributed by atoms with E-state index < -0.39 is 6.04 Å². The van der Waals surface area contributed by atoms with E-state index in [4.69, 9.17) is 4.74 Å². The Balaban J connectivity index is 2.17. The molecular weight excluding hydrogens is 184 g/mol. The summed E-state index contributed by atoms with van der Waals surface area (Å²) in [4.78, 5) is 15.2. The summed E-state index contributed by atoms with van der Waals surface area (Å²) in [6.45, 7) is 0.247. The second-order valence-corrected chi connectivity index (χ2v) is 2.89. The molecule has 0 aliphatic carbocycles. The number of ether oxygens (including phenoxy) is 2. The molecule has 0 saturated heterocycles. The van der Waals surface area contributed by atoms with Gasteiger partial charge in [0, 0.05) is 6.20 Å². The average molecular weight is 194 g/mol. The van der Waals surface area contributed by atoms with Gasteiger partial charge >= 0.3 is 5.97 Å². The normalized spacial score (nSPS) is 18.8. The van der Waals surface area contributed by atoms with Gasteiger partial charge in [-0.1, -0.05) is 0 Å². The van der Waals surface area contributed by atoms with Crippen LogP contribution in [-0.4, -0.2) is 30.7 Å². The molecule has 1 aliphatic heterocycles. The molecule has 0 saturated carbocycles. The quantitative estimate of drug-likeness (QED) is 0.657. The van der Waals surface area contributed by atoms with Crippen LogP contribution in [0.15, 0.2) is 18.3 Å². The first-order valence-electron chi connectivity index (χ1n) is 4.23. The SMILES string of the molecule is COC(=O)C1COc2ncccc2N1. The third-order valence-electron chi connectivity index (χ3n) is 1.97. The molecule has 0 fully saturated rings. The summed E-state index contributed by atoms with van der Waals surface area (Å²) in [5, 5.41) is 2.99. The lowest BCUT2D eigenvalue weighted by molar-refractivity contribution is -0.142. The van der Waals surface area contributed by atoms with Gasteiger partial charge in [0.25, 0.3) is 0 Å². The molecule has 5 nitrogen and oxygen atoms in total. The number of anilines is 1. The van der Waals surface area contributed by atoms with Crippen LogP contribution in [-0.2, 0) is 9.53 Å². The van der Waals surface area contributed by atoms with Crippen molar-refractivity contribution in [3.05, 3.63) is 18.3 Å². The minimum atomic E-state index is -0.448. The first-order valence-corrected chi connectivity index (χ1v) is 4.23. The molecule has 1 aromatic heterocycles. The van der Waals surface area contributed by atoms with Crippen LogP contribution in [0.4, 0.5) is 5.69 Å². The highest BCUT2D eigenvalue weighted by molar-refractivity contribution is 5.80. The van der Waals surface area contributed by atoms with E-state index in [1.54, 1.807) is 18.3 Å². The number of aromatic nitrogens is 1. The van der Waals surface area contributed by atoms with Crippen molar-refractivity contribution in [3.63, 3.8) is 0 Å². The maximum Gasteiger partial charge on any atom is 0.331 e. The van der Waals surface area contributed by atoms with Crippen LogP contribution in [0.2, 0.25) is 0 Å². The monoisotopic (exact) mass is 194 g/mol. The van der Waals surface area contributed by atoms with Crippen molar-refractivity contribution in [3.8, 4) is 5.88 Å². The summed E-state index contributed by atoms with van der Waals surface area (Å²) in [6, 6.07) is 3.13. The van der Waals surface area contributed by atoms with Gasteiger partial charge in [0.15, 0.2) is 6.04 Å². The Morgan fingerprint density at radius 3 is 3.43 bits per heavy atom. The van der Waals surface area contributed by atoms with Gasteiger partial charge in [0.2, 0.25) is 5.88 Å². The van der Waals surface area contributed by atoms with E-state index in [2.05, 4.69) is 15.0 Å². The van der Waals surface area contributed by atoms with Crippen molar-refractivity contribution in [2.45, 2.75) is 6.04 Å². The predicted octanol–water partition coefficient (Wildman–Crippen LogP) is 0.427. The molecule has 5 heteroatoms. The first-order chi connectivity index (χ1) is 6.81. The second kappa shape index (κ2) is 3.53. The van der Waals surface area contributed by atoms with E-state index in [-0.39, 0.29) is 12.6 Å². The number of pyridine rings is 1. The average Bonchev–Trinajstić information content (AvgIpc) is 2.27. The Kier molecular flexibility index (Phi) is 2.22. The largest absolute Gasteiger partial charge is 0.473 e. The molecule has 1 atom stereocenters. The smallest absolute Gasteiger partial charge is 0.331 e. The van der Waals surface area contributed by atoms with Crippen molar-refractivity contribution in [2.24, 2.45) is 0 Å². The Hall–Kier alpha value is -1.78. The zero-order valence-electron chi connectivity index (χ0n) is 7.69. The van der Waals surface area contributed by atoms with Gasteiger partial charge in [-0.3, -0.25) is 0 Å². The number of hydrogen-bond acceptors (Lipinski definition) is 5. The molecule has 0 spiro atoms. The van der Waals surface area contributed by atoms with Crippen LogP contribution in [0.25, 0.3) is 0 Å². The fraction of sp³-hybridized carbons (Fsp3) is 0.333. The van der Waals surface area contributed by atoms with E-state index in [1.165, 1.54) is 7.11 Å². The van der Waals surface area contributed by atoms with E-state index in [1.807, 2.05) is 0 Å². The number of hydrogen-bond donors (Lipinski definition) is 1. The number of nitrogens with zero attached hydrogens (tertiary/aromatic N) is 1. The van der Waals surface area contributed by atoms with Gasteiger partial charge in [0.1, 0.15) is 6.61 Å². The Labute approximate surface area is 81.0 Å². The Morgan fingerprint density at radius 2 is 2.64 bits per heavy atom. The Morgan fingerprint density at radius 1 is 1.79 bits per heavy atom. The fourth-order valence-electron chi connectivity index (χ4n) is 1.28. The second-order valence-electron chi connectivity index (χ2n) is 2.89. The van der Waals surface area contributed by atoms with Crippen LogP contribution in [0, 0.1) is 0 Å². The first kappa shape index (κ1) is 8.80. The van der Waals surface area contributed by atoms with E-state index in [9.17, 15) is 4.79 Å². The number of carbonyl (C=O) groups is 1. The van der Waals surface area contributed by atoms with Crippen molar-refractivity contribution in [1.82, 2.24) is 4.98 Å². The summed E-state index contributed by atoms with van der Waals surface area (Å²) in [5.74, 6) is 0.187. The van der Waals surface area contributed by atoms with Crippen molar-refractivity contribution < 1.29 is 14.3 Å². The molecule has 74 valence electrons. The van der Waals surface area contributed by atoms with Crippen molar-refractivity contribution >= 4 is 11.7 Å². The van der Waals surface area contributed by atoms with Crippen molar-refractivity contribution in [1.29, 1.82) is 0 Å².